The van der Waals surface area contributed by atoms with E-state index in [0.29, 0.717) is 6.61 Å². The van der Waals surface area contributed by atoms with Gasteiger partial charge in [-0.15, -0.1) is 0 Å². The normalized spacial score (nSPS) is 10.0. The maximum atomic E-state index is 10.9. The fourth-order valence-corrected chi connectivity index (χ4v) is 1.41. The quantitative estimate of drug-likeness (QED) is 0.287. The van der Waals surface area contributed by atoms with E-state index in [2.05, 4.69) is 12.6 Å². The van der Waals surface area contributed by atoms with Gasteiger partial charge in [0.15, 0.2) is 0 Å². The fourth-order valence-electron chi connectivity index (χ4n) is 1.18. The zero-order valence-electron chi connectivity index (χ0n) is 9.33. The molecule has 4 heteroatoms. The smallest absolute Gasteiger partial charge is 0.313 e. The first-order chi connectivity index (χ1) is 7.16. The van der Waals surface area contributed by atoms with Crippen LogP contribution < -0.4 is 0 Å². The number of ether oxygens (including phenoxy) is 1. The molecule has 0 saturated carbocycles. The topological polar surface area (TPSA) is 43.4 Å². The predicted octanol–water partition coefficient (Wildman–Crippen LogP) is 2.39. The summed E-state index contributed by atoms with van der Waals surface area (Å²) in [5.74, 6) is 0.389. The van der Waals surface area contributed by atoms with Crippen LogP contribution in [0.2, 0.25) is 0 Å². The van der Waals surface area contributed by atoms with Crippen molar-refractivity contribution in [3.8, 4) is 0 Å². The summed E-state index contributed by atoms with van der Waals surface area (Å²) in [4.78, 5) is 21.5. The van der Waals surface area contributed by atoms with Gasteiger partial charge in [-0.25, -0.2) is 0 Å². The van der Waals surface area contributed by atoms with Crippen LogP contribution in [-0.2, 0) is 14.3 Å². The Labute approximate surface area is 97.0 Å². The van der Waals surface area contributed by atoms with Crippen molar-refractivity contribution in [2.24, 2.45) is 0 Å². The molecule has 0 rings (SSSR count). The molecule has 0 spiro atoms. The summed E-state index contributed by atoms with van der Waals surface area (Å²) in [7, 11) is 0. The molecular formula is C11H20O3S. The maximum Gasteiger partial charge on any atom is 0.313 e. The largest absolute Gasteiger partial charge is 0.465 e. The van der Waals surface area contributed by atoms with Crippen LogP contribution in [0.15, 0.2) is 0 Å². The molecule has 0 amide bonds. The summed E-state index contributed by atoms with van der Waals surface area (Å²) < 4.78 is 4.88. The van der Waals surface area contributed by atoms with E-state index < -0.39 is 5.97 Å². The van der Waals surface area contributed by atoms with Crippen molar-refractivity contribution >= 4 is 24.4 Å². The van der Waals surface area contributed by atoms with Crippen molar-refractivity contribution in [1.82, 2.24) is 0 Å². The molecule has 15 heavy (non-hydrogen) atoms. The molecule has 0 saturated heterocycles. The third-order valence-electron chi connectivity index (χ3n) is 1.96. The van der Waals surface area contributed by atoms with Crippen molar-refractivity contribution in [2.45, 2.75) is 45.4 Å². The van der Waals surface area contributed by atoms with Crippen LogP contribution in [0.1, 0.15) is 45.4 Å². The molecule has 0 heterocycles. The Balaban J connectivity index is 3.16. The lowest BCUT2D eigenvalue weighted by Gasteiger charge is -2.03. The van der Waals surface area contributed by atoms with Crippen molar-refractivity contribution in [3.05, 3.63) is 0 Å². The van der Waals surface area contributed by atoms with Gasteiger partial charge in [-0.2, -0.15) is 12.6 Å². The second kappa shape index (κ2) is 10.0. The van der Waals surface area contributed by atoms with Gasteiger partial charge in [0.1, 0.15) is 12.2 Å². The van der Waals surface area contributed by atoms with E-state index >= 15 is 0 Å². The molecule has 0 atom stereocenters. The summed E-state index contributed by atoms with van der Waals surface area (Å²) in [5, 5.41) is 0. The number of Topliss-reactive ketones (excluding diaryl/α,β-unsaturated/α-hetero) is 1. The van der Waals surface area contributed by atoms with E-state index in [1.807, 2.05) is 0 Å². The van der Waals surface area contributed by atoms with Gasteiger partial charge in [-0.1, -0.05) is 19.3 Å². The average molecular weight is 232 g/mol. The first-order valence-corrected chi connectivity index (χ1v) is 6.06. The molecule has 3 nitrogen and oxygen atoms in total. The van der Waals surface area contributed by atoms with Crippen molar-refractivity contribution in [1.29, 1.82) is 0 Å². The van der Waals surface area contributed by atoms with Crippen LogP contribution >= 0.6 is 12.6 Å². The molecule has 88 valence electrons. The molecular weight excluding hydrogens is 212 g/mol. The van der Waals surface area contributed by atoms with Crippen molar-refractivity contribution < 1.29 is 14.3 Å². The second-order valence-corrected chi connectivity index (χ2v) is 4.04. The number of rotatable bonds is 9. The first-order valence-electron chi connectivity index (χ1n) is 5.42. The zero-order valence-corrected chi connectivity index (χ0v) is 10.2. The second-order valence-electron chi connectivity index (χ2n) is 3.59. The Morgan fingerprint density at radius 1 is 1.07 bits per heavy atom. The number of carbonyl (C=O) groups is 2. The van der Waals surface area contributed by atoms with Crippen LogP contribution in [0.25, 0.3) is 0 Å². The molecule has 0 unspecified atom stereocenters. The molecule has 0 aromatic rings. The molecule has 0 aromatic carbocycles. The average Bonchev–Trinajstić information content (AvgIpc) is 2.15. The number of hydrogen-bond donors (Lipinski definition) is 1. The monoisotopic (exact) mass is 232 g/mol. The van der Waals surface area contributed by atoms with E-state index in [9.17, 15) is 9.59 Å². The summed E-state index contributed by atoms with van der Waals surface area (Å²) in [6.07, 6.45) is 5.35. The third kappa shape index (κ3) is 11.4. The van der Waals surface area contributed by atoms with Crippen LogP contribution in [0.4, 0.5) is 0 Å². The van der Waals surface area contributed by atoms with Crippen molar-refractivity contribution in [2.75, 3.05) is 12.4 Å². The van der Waals surface area contributed by atoms with Gasteiger partial charge >= 0.3 is 5.97 Å². The van der Waals surface area contributed by atoms with Gasteiger partial charge in [-0.3, -0.25) is 9.59 Å². The number of ketones is 1. The minimum atomic E-state index is -0.405. The van der Waals surface area contributed by atoms with Gasteiger partial charge in [0.05, 0.1) is 6.61 Å². The highest BCUT2D eigenvalue weighted by atomic mass is 32.1. The highest BCUT2D eigenvalue weighted by molar-refractivity contribution is 7.80. The Morgan fingerprint density at radius 3 is 2.27 bits per heavy atom. The van der Waals surface area contributed by atoms with Gasteiger partial charge < -0.3 is 4.74 Å². The summed E-state index contributed by atoms with van der Waals surface area (Å²) >= 11 is 4.12. The lowest BCUT2D eigenvalue weighted by molar-refractivity contribution is -0.145. The van der Waals surface area contributed by atoms with Crippen molar-refractivity contribution in [3.63, 3.8) is 0 Å². The maximum absolute atomic E-state index is 10.9. The summed E-state index contributed by atoms with van der Waals surface area (Å²) in [5.41, 5.74) is 0. The molecule has 0 N–H and O–H groups in total. The Morgan fingerprint density at radius 2 is 1.67 bits per heavy atom. The number of unbranched alkanes of at least 4 members (excludes halogenated alkanes) is 4. The molecule has 0 aliphatic carbocycles. The van der Waals surface area contributed by atoms with E-state index in [4.69, 9.17) is 4.74 Å². The standard InChI is InChI=1S/C11H20O3S/c1-10(12)9-11(13)14-7-5-3-2-4-6-8-15/h15H,2-9H2,1H3. The Hall–Kier alpha value is -0.510. The Bertz CT molecular complexity index is 192. The van der Waals surface area contributed by atoms with Gasteiger partial charge in [0.2, 0.25) is 0 Å². The minimum Gasteiger partial charge on any atom is -0.465 e. The number of carbonyl (C=O) groups excluding carboxylic acids is 2. The van der Waals surface area contributed by atoms with E-state index in [1.165, 1.54) is 13.3 Å². The lowest BCUT2D eigenvalue weighted by Crippen LogP contribution is -2.09. The lowest BCUT2D eigenvalue weighted by atomic mass is 10.2. The molecule has 0 bridgehead atoms. The van der Waals surface area contributed by atoms with E-state index in [0.717, 1.165) is 31.4 Å². The molecule has 0 aliphatic heterocycles. The minimum absolute atomic E-state index is 0.0976. The molecule has 0 radical (unpaired) electrons. The third-order valence-corrected chi connectivity index (χ3v) is 2.28. The molecule has 0 aliphatic rings. The van der Waals surface area contributed by atoms with Crippen LogP contribution in [0.5, 0.6) is 0 Å². The SMILES string of the molecule is CC(=O)CC(=O)OCCCCCCCS. The summed E-state index contributed by atoms with van der Waals surface area (Å²) in [6.45, 7) is 1.83. The predicted molar refractivity (Wildman–Crippen MR) is 63.2 cm³/mol. The number of esters is 1. The molecule has 0 aromatic heterocycles. The van der Waals surface area contributed by atoms with Gasteiger partial charge in [0, 0.05) is 0 Å². The zero-order chi connectivity index (χ0) is 11.5. The Kier molecular flexibility index (Phi) is 9.68. The number of hydrogen-bond acceptors (Lipinski definition) is 4. The van der Waals surface area contributed by atoms with E-state index in [-0.39, 0.29) is 12.2 Å². The van der Waals surface area contributed by atoms with Crippen LogP contribution in [0.3, 0.4) is 0 Å². The fraction of sp³-hybridized carbons (Fsp3) is 0.818. The van der Waals surface area contributed by atoms with E-state index in [1.54, 1.807) is 0 Å². The highest BCUT2D eigenvalue weighted by Crippen LogP contribution is 2.04. The summed E-state index contributed by atoms with van der Waals surface area (Å²) in [6, 6.07) is 0. The first kappa shape index (κ1) is 14.5. The van der Waals surface area contributed by atoms with Crippen LogP contribution in [0, 0.1) is 0 Å². The van der Waals surface area contributed by atoms with Gasteiger partial charge in [-0.05, 0) is 25.5 Å². The number of thiol groups is 1. The van der Waals surface area contributed by atoms with Gasteiger partial charge in [0.25, 0.3) is 0 Å². The molecule has 0 fully saturated rings. The van der Waals surface area contributed by atoms with Crippen LogP contribution in [-0.4, -0.2) is 24.1 Å². The highest BCUT2D eigenvalue weighted by Gasteiger charge is 2.05.